The summed E-state index contributed by atoms with van der Waals surface area (Å²) in [6, 6.07) is 8.65. The van der Waals surface area contributed by atoms with Gasteiger partial charge in [0, 0.05) is 12.7 Å². The van der Waals surface area contributed by atoms with E-state index in [1.807, 2.05) is 32.0 Å². The molecule has 0 aliphatic heterocycles. The van der Waals surface area contributed by atoms with Gasteiger partial charge in [0.05, 0.1) is 5.69 Å². The van der Waals surface area contributed by atoms with E-state index < -0.39 is 12.1 Å². The Kier molecular flexibility index (Phi) is 6.40. The van der Waals surface area contributed by atoms with Gasteiger partial charge < -0.3 is 20.5 Å². The summed E-state index contributed by atoms with van der Waals surface area (Å²) in [6.45, 7) is 4.02. The summed E-state index contributed by atoms with van der Waals surface area (Å²) in [7, 11) is 0. The minimum absolute atomic E-state index is 0.0502. The van der Waals surface area contributed by atoms with Crippen molar-refractivity contribution in [3.8, 4) is 5.75 Å². The number of carbonyl (C=O) groups excluding carboxylic acids is 1. The molecule has 0 radical (unpaired) electrons. The monoisotopic (exact) mass is 349 g/mol. The minimum Gasteiger partial charge on any atom is -0.490 e. The molecule has 7 heteroatoms. The second kappa shape index (κ2) is 8.52. The molecular formula is C17H20ClN3O3. The number of aliphatic hydroxyl groups is 1. The van der Waals surface area contributed by atoms with Crippen molar-refractivity contribution >= 4 is 23.3 Å². The van der Waals surface area contributed by atoms with Crippen molar-refractivity contribution < 1.29 is 14.6 Å². The summed E-state index contributed by atoms with van der Waals surface area (Å²) in [5.74, 6) is 0.753. The molecule has 1 heterocycles. The molecule has 1 aromatic carbocycles. The van der Waals surface area contributed by atoms with E-state index >= 15 is 0 Å². The molecule has 24 heavy (non-hydrogen) atoms. The van der Waals surface area contributed by atoms with Crippen LogP contribution >= 0.6 is 11.6 Å². The number of ether oxygens (including phenoxy) is 1. The number of nitrogens with zero attached hydrogens (tertiary/aromatic N) is 1. The van der Waals surface area contributed by atoms with Gasteiger partial charge in [0.1, 0.15) is 18.5 Å². The summed E-state index contributed by atoms with van der Waals surface area (Å²) in [6.07, 6.45) is 0.694. The number of nitrogens with one attached hydrogen (secondary N) is 2. The quantitative estimate of drug-likeness (QED) is 0.700. The van der Waals surface area contributed by atoms with Gasteiger partial charge in [0.2, 0.25) is 0 Å². The first-order valence-corrected chi connectivity index (χ1v) is 7.87. The molecule has 3 N–H and O–H groups in total. The smallest absolute Gasteiger partial charge is 0.319 e. The molecule has 0 fully saturated rings. The van der Waals surface area contributed by atoms with Crippen LogP contribution in [0.4, 0.5) is 10.5 Å². The van der Waals surface area contributed by atoms with E-state index in [1.165, 1.54) is 6.20 Å². The number of aryl methyl sites for hydroxylation is 2. The molecule has 0 saturated carbocycles. The first kappa shape index (κ1) is 18.0. The molecule has 0 unspecified atom stereocenters. The van der Waals surface area contributed by atoms with Gasteiger partial charge in [-0.15, -0.1) is 0 Å². The maximum absolute atomic E-state index is 11.8. The fraction of sp³-hybridized carbons (Fsp3) is 0.294. The number of para-hydroxylation sites is 1. The van der Waals surface area contributed by atoms with Crippen LogP contribution in [0.15, 0.2) is 36.5 Å². The third-order valence-corrected chi connectivity index (χ3v) is 3.64. The van der Waals surface area contributed by atoms with Gasteiger partial charge in [-0.05, 0) is 37.1 Å². The van der Waals surface area contributed by atoms with Gasteiger partial charge in [-0.2, -0.15) is 0 Å². The van der Waals surface area contributed by atoms with Crippen molar-refractivity contribution in [1.29, 1.82) is 0 Å². The first-order chi connectivity index (χ1) is 11.5. The van der Waals surface area contributed by atoms with Crippen LogP contribution in [0.2, 0.25) is 5.15 Å². The molecule has 1 aromatic heterocycles. The van der Waals surface area contributed by atoms with Crippen molar-refractivity contribution in [2.24, 2.45) is 0 Å². The van der Waals surface area contributed by atoms with E-state index in [9.17, 15) is 9.90 Å². The number of carbonyl (C=O) groups is 1. The van der Waals surface area contributed by atoms with Gasteiger partial charge in [0.25, 0.3) is 0 Å². The highest BCUT2D eigenvalue weighted by molar-refractivity contribution is 6.32. The standard InChI is InChI=1S/C17H20ClN3O3/c1-11-5-3-6-12(2)15(11)24-10-13(22)9-20-17(23)21-14-7-4-8-19-16(14)18/h3-8,13,22H,9-10H2,1-2H3,(H2,20,21,23)/t13-/m0/s1. The average molecular weight is 350 g/mol. The zero-order chi connectivity index (χ0) is 17.5. The third kappa shape index (κ3) is 5.11. The Morgan fingerprint density at radius 3 is 2.67 bits per heavy atom. The van der Waals surface area contributed by atoms with Gasteiger partial charge in [0.15, 0.2) is 5.15 Å². The summed E-state index contributed by atoms with van der Waals surface area (Å²) in [5, 5.41) is 15.3. The molecule has 2 rings (SSSR count). The van der Waals surface area contributed by atoms with Gasteiger partial charge in [-0.3, -0.25) is 0 Å². The number of rotatable bonds is 6. The lowest BCUT2D eigenvalue weighted by Crippen LogP contribution is -2.37. The van der Waals surface area contributed by atoms with Crippen molar-refractivity contribution in [3.05, 3.63) is 52.8 Å². The number of urea groups is 1. The fourth-order valence-corrected chi connectivity index (χ4v) is 2.29. The Hall–Kier alpha value is -2.31. The predicted octanol–water partition coefficient (Wildman–Crippen LogP) is 2.91. The molecule has 6 nitrogen and oxygen atoms in total. The van der Waals surface area contributed by atoms with E-state index in [2.05, 4.69) is 15.6 Å². The second-order valence-corrected chi connectivity index (χ2v) is 5.72. The number of hydrogen-bond donors (Lipinski definition) is 3. The maximum atomic E-state index is 11.8. The van der Waals surface area contributed by atoms with Gasteiger partial charge in [-0.25, -0.2) is 9.78 Å². The van der Waals surface area contributed by atoms with E-state index in [1.54, 1.807) is 12.1 Å². The number of aliphatic hydroxyl groups excluding tert-OH is 1. The average Bonchev–Trinajstić information content (AvgIpc) is 2.54. The summed E-state index contributed by atoms with van der Waals surface area (Å²) in [5.41, 5.74) is 2.40. The van der Waals surface area contributed by atoms with Crippen LogP contribution in [0.3, 0.4) is 0 Å². The molecule has 1 atom stereocenters. The molecule has 0 bridgehead atoms. The number of pyridine rings is 1. The van der Waals surface area contributed by atoms with Crippen LogP contribution < -0.4 is 15.4 Å². The third-order valence-electron chi connectivity index (χ3n) is 3.33. The number of anilines is 1. The predicted molar refractivity (Wildman–Crippen MR) is 93.7 cm³/mol. The lowest BCUT2D eigenvalue weighted by molar-refractivity contribution is 0.107. The summed E-state index contributed by atoms with van der Waals surface area (Å²) >= 11 is 5.86. The van der Waals surface area contributed by atoms with Crippen molar-refractivity contribution in [1.82, 2.24) is 10.3 Å². The van der Waals surface area contributed by atoms with E-state index in [-0.39, 0.29) is 18.3 Å². The van der Waals surface area contributed by atoms with Crippen LogP contribution in [0.1, 0.15) is 11.1 Å². The molecule has 0 aliphatic rings. The number of benzene rings is 1. The summed E-state index contributed by atoms with van der Waals surface area (Å²) < 4.78 is 5.65. The lowest BCUT2D eigenvalue weighted by atomic mass is 10.1. The Labute approximate surface area is 145 Å². The molecule has 2 amide bonds. The molecule has 0 saturated heterocycles. The highest BCUT2D eigenvalue weighted by Crippen LogP contribution is 2.22. The van der Waals surface area contributed by atoms with Crippen LogP contribution in [-0.2, 0) is 0 Å². The number of amides is 2. The number of hydrogen-bond acceptors (Lipinski definition) is 4. The van der Waals surface area contributed by atoms with E-state index in [0.29, 0.717) is 5.69 Å². The molecular weight excluding hydrogens is 330 g/mol. The van der Waals surface area contributed by atoms with Crippen LogP contribution in [0, 0.1) is 13.8 Å². The maximum Gasteiger partial charge on any atom is 0.319 e. The zero-order valence-electron chi connectivity index (χ0n) is 13.5. The van der Waals surface area contributed by atoms with Crippen LogP contribution in [0.5, 0.6) is 5.75 Å². The molecule has 2 aromatic rings. The van der Waals surface area contributed by atoms with Crippen molar-refractivity contribution in [2.45, 2.75) is 20.0 Å². The fourth-order valence-electron chi connectivity index (χ4n) is 2.12. The summed E-state index contributed by atoms with van der Waals surface area (Å²) in [4.78, 5) is 15.7. The Morgan fingerprint density at radius 1 is 1.29 bits per heavy atom. The number of halogens is 1. The van der Waals surface area contributed by atoms with E-state index in [4.69, 9.17) is 16.3 Å². The molecule has 0 aliphatic carbocycles. The largest absolute Gasteiger partial charge is 0.490 e. The second-order valence-electron chi connectivity index (χ2n) is 5.36. The minimum atomic E-state index is -0.834. The van der Waals surface area contributed by atoms with Crippen LogP contribution in [-0.4, -0.2) is 35.4 Å². The Balaban J connectivity index is 1.78. The number of aromatic nitrogens is 1. The highest BCUT2D eigenvalue weighted by atomic mass is 35.5. The van der Waals surface area contributed by atoms with Gasteiger partial charge >= 0.3 is 6.03 Å². The Morgan fingerprint density at radius 2 is 2.00 bits per heavy atom. The Bertz CT molecular complexity index is 689. The van der Waals surface area contributed by atoms with E-state index in [0.717, 1.165) is 16.9 Å². The highest BCUT2D eigenvalue weighted by Gasteiger charge is 2.11. The zero-order valence-corrected chi connectivity index (χ0v) is 14.3. The van der Waals surface area contributed by atoms with Crippen LogP contribution in [0.25, 0.3) is 0 Å². The van der Waals surface area contributed by atoms with Gasteiger partial charge in [-0.1, -0.05) is 29.8 Å². The lowest BCUT2D eigenvalue weighted by Gasteiger charge is -2.16. The normalized spacial score (nSPS) is 11.7. The SMILES string of the molecule is Cc1cccc(C)c1OC[C@@H](O)CNC(=O)Nc1cccnc1Cl. The molecule has 128 valence electrons. The topological polar surface area (TPSA) is 83.5 Å². The molecule has 0 spiro atoms. The first-order valence-electron chi connectivity index (χ1n) is 7.50. The van der Waals surface area contributed by atoms with Crippen molar-refractivity contribution in [2.75, 3.05) is 18.5 Å². The van der Waals surface area contributed by atoms with Crippen molar-refractivity contribution in [3.63, 3.8) is 0 Å².